The van der Waals surface area contributed by atoms with Crippen LogP contribution in [0.5, 0.6) is 0 Å². The van der Waals surface area contributed by atoms with Gasteiger partial charge in [-0.2, -0.15) is 5.26 Å². The van der Waals surface area contributed by atoms with Crippen LogP contribution >= 0.6 is 0 Å². The van der Waals surface area contributed by atoms with E-state index in [0.29, 0.717) is 0 Å². The summed E-state index contributed by atoms with van der Waals surface area (Å²) in [5.74, 6) is -2.50. The molecule has 1 aromatic heterocycles. The summed E-state index contributed by atoms with van der Waals surface area (Å²) in [6.07, 6.45) is 1.07. The molecule has 0 amide bonds. The summed E-state index contributed by atoms with van der Waals surface area (Å²) >= 11 is 0. The van der Waals surface area contributed by atoms with E-state index in [4.69, 9.17) is 10.4 Å². The minimum Gasteiger partial charge on any atom is -0.478 e. The van der Waals surface area contributed by atoms with Crippen LogP contribution in [0.1, 0.15) is 16.1 Å². The Morgan fingerprint density at radius 1 is 1.75 bits per heavy atom. The topological polar surface area (TPSA) is 74.0 Å². The van der Waals surface area contributed by atoms with Crippen LogP contribution in [-0.2, 0) is 0 Å². The van der Waals surface area contributed by atoms with E-state index in [1.807, 2.05) is 0 Å². The van der Waals surface area contributed by atoms with Gasteiger partial charge in [-0.15, -0.1) is 0 Å². The quantitative estimate of drug-likeness (QED) is 0.669. The van der Waals surface area contributed by atoms with Crippen LogP contribution in [0.25, 0.3) is 0 Å². The molecule has 5 heteroatoms. The summed E-state index contributed by atoms with van der Waals surface area (Å²) in [5.41, 5.74) is -1.04. The second-order valence-corrected chi connectivity index (χ2v) is 1.94. The fourth-order valence-electron chi connectivity index (χ4n) is 0.687. The number of halogens is 1. The maximum atomic E-state index is 12.9. The number of nitriles is 1. The molecule has 0 radical (unpaired) electrons. The van der Waals surface area contributed by atoms with Crippen LogP contribution in [0.2, 0.25) is 0 Å². The van der Waals surface area contributed by atoms with Crippen molar-refractivity contribution in [3.8, 4) is 6.07 Å². The normalized spacial score (nSPS) is 9.00. The number of aromatic carboxylic acids is 1. The second kappa shape index (κ2) is 2.96. The lowest BCUT2D eigenvalue weighted by atomic mass is 10.2. The molecular formula is C7H3FN2O2. The Morgan fingerprint density at radius 2 is 2.42 bits per heavy atom. The van der Waals surface area contributed by atoms with Gasteiger partial charge in [0.1, 0.15) is 6.07 Å². The molecule has 0 saturated carbocycles. The minimum atomic E-state index is -1.41. The zero-order chi connectivity index (χ0) is 9.14. The molecule has 0 bridgehead atoms. The van der Waals surface area contributed by atoms with Gasteiger partial charge in [0, 0.05) is 6.20 Å². The SMILES string of the molecule is N#Cc1nccc(C(=O)O)c1F. The van der Waals surface area contributed by atoms with Crippen LogP contribution in [0.3, 0.4) is 0 Å². The van der Waals surface area contributed by atoms with Crippen molar-refractivity contribution in [3.63, 3.8) is 0 Å². The van der Waals surface area contributed by atoms with E-state index in [2.05, 4.69) is 4.98 Å². The zero-order valence-electron chi connectivity index (χ0n) is 5.78. The summed E-state index contributed by atoms with van der Waals surface area (Å²) < 4.78 is 12.9. The number of carboxylic acid groups (broad SMARTS) is 1. The summed E-state index contributed by atoms with van der Waals surface area (Å²) in [6, 6.07) is 2.44. The van der Waals surface area contributed by atoms with Crippen molar-refractivity contribution < 1.29 is 14.3 Å². The van der Waals surface area contributed by atoms with Gasteiger partial charge in [0.2, 0.25) is 0 Å². The van der Waals surface area contributed by atoms with Gasteiger partial charge in [-0.3, -0.25) is 0 Å². The van der Waals surface area contributed by atoms with Crippen LogP contribution in [-0.4, -0.2) is 16.1 Å². The Morgan fingerprint density at radius 3 is 2.92 bits per heavy atom. The molecule has 0 atom stereocenters. The molecule has 0 aromatic carbocycles. The van der Waals surface area contributed by atoms with Gasteiger partial charge in [0.05, 0.1) is 5.56 Å². The number of nitrogens with zero attached hydrogens (tertiary/aromatic N) is 2. The van der Waals surface area contributed by atoms with Gasteiger partial charge in [0.25, 0.3) is 0 Å². The van der Waals surface area contributed by atoms with E-state index in [0.717, 1.165) is 12.3 Å². The van der Waals surface area contributed by atoms with Gasteiger partial charge in [-0.25, -0.2) is 14.2 Å². The molecule has 0 spiro atoms. The van der Waals surface area contributed by atoms with Crippen molar-refractivity contribution >= 4 is 5.97 Å². The average Bonchev–Trinajstić information content (AvgIpc) is 2.04. The molecule has 12 heavy (non-hydrogen) atoms. The Labute approximate surface area is 66.9 Å². The molecule has 0 fully saturated rings. The molecule has 1 heterocycles. The Balaban J connectivity index is 3.35. The van der Waals surface area contributed by atoms with Gasteiger partial charge in [-0.05, 0) is 6.07 Å². The monoisotopic (exact) mass is 166 g/mol. The predicted octanol–water partition coefficient (Wildman–Crippen LogP) is 0.791. The van der Waals surface area contributed by atoms with Crippen molar-refractivity contribution in [3.05, 3.63) is 29.3 Å². The number of aromatic nitrogens is 1. The van der Waals surface area contributed by atoms with Crippen molar-refractivity contribution in [2.45, 2.75) is 0 Å². The summed E-state index contributed by atoms with van der Waals surface area (Å²) in [7, 11) is 0. The number of carboxylic acids is 1. The fourth-order valence-corrected chi connectivity index (χ4v) is 0.687. The molecule has 1 aromatic rings. The van der Waals surface area contributed by atoms with E-state index in [-0.39, 0.29) is 0 Å². The van der Waals surface area contributed by atoms with Crippen molar-refractivity contribution in [2.24, 2.45) is 0 Å². The number of hydrogen-bond donors (Lipinski definition) is 1. The maximum absolute atomic E-state index is 12.9. The van der Waals surface area contributed by atoms with Gasteiger partial charge >= 0.3 is 5.97 Å². The highest BCUT2D eigenvalue weighted by Gasteiger charge is 2.13. The molecule has 0 saturated heterocycles. The number of hydrogen-bond acceptors (Lipinski definition) is 3. The van der Waals surface area contributed by atoms with Gasteiger partial charge in [-0.1, -0.05) is 0 Å². The van der Waals surface area contributed by atoms with Crippen LogP contribution in [0.15, 0.2) is 12.3 Å². The highest BCUT2D eigenvalue weighted by molar-refractivity contribution is 5.88. The third-order valence-corrected chi connectivity index (χ3v) is 1.23. The first kappa shape index (κ1) is 8.14. The maximum Gasteiger partial charge on any atom is 0.338 e. The van der Waals surface area contributed by atoms with Crippen LogP contribution < -0.4 is 0 Å². The molecule has 0 unspecified atom stereocenters. The Kier molecular flexibility index (Phi) is 2.01. The first-order valence-corrected chi connectivity index (χ1v) is 2.94. The molecular weight excluding hydrogens is 163 g/mol. The zero-order valence-corrected chi connectivity index (χ0v) is 5.78. The highest BCUT2D eigenvalue weighted by atomic mass is 19.1. The first-order valence-electron chi connectivity index (χ1n) is 2.94. The predicted molar refractivity (Wildman–Crippen MR) is 35.9 cm³/mol. The molecule has 1 N–H and O–H groups in total. The highest BCUT2D eigenvalue weighted by Crippen LogP contribution is 2.08. The van der Waals surface area contributed by atoms with Crippen LogP contribution in [0.4, 0.5) is 4.39 Å². The van der Waals surface area contributed by atoms with Crippen LogP contribution in [0, 0.1) is 17.1 Å². The third-order valence-electron chi connectivity index (χ3n) is 1.23. The molecule has 60 valence electrons. The molecule has 0 aliphatic heterocycles. The molecule has 4 nitrogen and oxygen atoms in total. The van der Waals surface area contributed by atoms with E-state index >= 15 is 0 Å². The number of rotatable bonds is 1. The van der Waals surface area contributed by atoms with Crippen molar-refractivity contribution in [1.29, 1.82) is 5.26 Å². The average molecular weight is 166 g/mol. The largest absolute Gasteiger partial charge is 0.478 e. The third kappa shape index (κ3) is 1.22. The molecule has 0 aliphatic carbocycles. The molecule has 0 aliphatic rings. The minimum absolute atomic E-state index is 0.505. The standard InChI is InChI=1S/C7H3FN2O2/c8-6-4(7(11)12)1-2-10-5(6)3-9/h1-2H,(H,11,12). The van der Waals surface area contributed by atoms with E-state index in [1.54, 1.807) is 0 Å². The lowest BCUT2D eigenvalue weighted by Crippen LogP contribution is -2.03. The van der Waals surface area contributed by atoms with E-state index in [9.17, 15) is 9.18 Å². The van der Waals surface area contributed by atoms with Gasteiger partial charge < -0.3 is 5.11 Å². The fraction of sp³-hybridized carbons (Fsp3) is 0. The summed E-state index contributed by atoms with van der Waals surface area (Å²) in [5, 5.41) is 16.7. The van der Waals surface area contributed by atoms with Crippen molar-refractivity contribution in [2.75, 3.05) is 0 Å². The van der Waals surface area contributed by atoms with Gasteiger partial charge in [0.15, 0.2) is 11.5 Å². The Bertz CT molecular complexity index is 370. The Hall–Kier alpha value is -1.96. The van der Waals surface area contributed by atoms with Crippen molar-refractivity contribution in [1.82, 2.24) is 4.98 Å². The lowest BCUT2D eigenvalue weighted by Gasteiger charge is -1.95. The first-order chi connectivity index (χ1) is 5.66. The van der Waals surface area contributed by atoms with E-state index in [1.165, 1.54) is 6.07 Å². The number of carbonyl (C=O) groups is 1. The summed E-state index contributed by atoms with van der Waals surface area (Å²) in [4.78, 5) is 13.7. The summed E-state index contributed by atoms with van der Waals surface area (Å²) in [6.45, 7) is 0. The second-order valence-electron chi connectivity index (χ2n) is 1.94. The smallest absolute Gasteiger partial charge is 0.338 e. The number of pyridine rings is 1. The van der Waals surface area contributed by atoms with E-state index < -0.39 is 23.0 Å². The lowest BCUT2D eigenvalue weighted by molar-refractivity contribution is 0.0691. The molecule has 1 rings (SSSR count).